The Kier molecular flexibility index (Phi) is 5.07. The molecule has 0 aromatic heterocycles. The van der Waals surface area contributed by atoms with Crippen molar-refractivity contribution < 1.29 is 9.84 Å². The summed E-state index contributed by atoms with van der Waals surface area (Å²) >= 11 is 8.22. The van der Waals surface area contributed by atoms with Crippen molar-refractivity contribution in [2.45, 2.75) is 12.5 Å². The molecule has 0 saturated carbocycles. The van der Waals surface area contributed by atoms with Crippen LogP contribution in [0.5, 0.6) is 5.75 Å². The molecule has 2 aromatic carbocycles. The van der Waals surface area contributed by atoms with Gasteiger partial charge in [-0.15, -0.1) is 0 Å². The van der Waals surface area contributed by atoms with Crippen molar-refractivity contribution in [2.75, 3.05) is 7.11 Å². The van der Waals surface area contributed by atoms with Crippen LogP contribution in [0, 0.1) is 3.57 Å². The largest absolute Gasteiger partial charge is 0.496 e. The van der Waals surface area contributed by atoms with Crippen LogP contribution in [0.2, 0.25) is 5.02 Å². The Morgan fingerprint density at radius 3 is 2.68 bits per heavy atom. The van der Waals surface area contributed by atoms with Crippen molar-refractivity contribution in [1.82, 2.24) is 0 Å². The van der Waals surface area contributed by atoms with Crippen LogP contribution in [0.25, 0.3) is 0 Å². The molecule has 0 heterocycles. The van der Waals surface area contributed by atoms with Gasteiger partial charge in [-0.1, -0.05) is 29.8 Å². The monoisotopic (exact) mass is 388 g/mol. The van der Waals surface area contributed by atoms with Gasteiger partial charge >= 0.3 is 0 Å². The Hall–Kier alpha value is -0.780. The second kappa shape index (κ2) is 6.59. The van der Waals surface area contributed by atoms with Crippen LogP contribution >= 0.6 is 34.2 Å². The maximum absolute atomic E-state index is 10.4. The fourth-order valence-electron chi connectivity index (χ4n) is 1.97. The van der Waals surface area contributed by atoms with Crippen LogP contribution in [-0.4, -0.2) is 12.2 Å². The zero-order chi connectivity index (χ0) is 13.8. The topological polar surface area (TPSA) is 29.5 Å². The number of halogens is 2. The van der Waals surface area contributed by atoms with E-state index in [1.807, 2.05) is 36.4 Å². The quantitative estimate of drug-likeness (QED) is 0.794. The van der Waals surface area contributed by atoms with Crippen molar-refractivity contribution in [3.63, 3.8) is 0 Å². The maximum atomic E-state index is 10.4. The Balaban J connectivity index is 2.26. The van der Waals surface area contributed by atoms with Gasteiger partial charge in [0.2, 0.25) is 0 Å². The molecular weight excluding hydrogens is 375 g/mol. The molecule has 2 aromatic rings. The molecule has 2 nitrogen and oxygen atoms in total. The van der Waals surface area contributed by atoms with Crippen LogP contribution in [0.3, 0.4) is 0 Å². The second-order valence-electron chi connectivity index (χ2n) is 4.20. The molecule has 0 saturated heterocycles. The van der Waals surface area contributed by atoms with Crippen molar-refractivity contribution in [2.24, 2.45) is 0 Å². The molecule has 19 heavy (non-hydrogen) atoms. The summed E-state index contributed by atoms with van der Waals surface area (Å²) in [6.45, 7) is 0. The zero-order valence-electron chi connectivity index (χ0n) is 10.4. The highest BCUT2D eigenvalue weighted by Crippen LogP contribution is 2.29. The van der Waals surface area contributed by atoms with Crippen LogP contribution in [0.1, 0.15) is 17.2 Å². The van der Waals surface area contributed by atoms with Gasteiger partial charge in [0.05, 0.1) is 13.2 Å². The fraction of sp³-hybridized carbons (Fsp3) is 0.200. The molecule has 100 valence electrons. The molecular formula is C15H14ClIO2. The molecule has 0 fully saturated rings. The molecule has 1 unspecified atom stereocenters. The number of aliphatic hydroxyl groups is 1. The van der Waals surface area contributed by atoms with Crippen LogP contribution in [0.4, 0.5) is 0 Å². The first-order valence-electron chi connectivity index (χ1n) is 5.86. The van der Waals surface area contributed by atoms with E-state index in [9.17, 15) is 5.11 Å². The van der Waals surface area contributed by atoms with E-state index in [1.165, 1.54) is 0 Å². The van der Waals surface area contributed by atoms with Gasteiger partial charge < -0.3 is 9.84 Å². The number of hydrogen-bond acceptors (Lipinski definition) is 2. The molecule has 1 N–H and O–H groups in total. The van der Waals surface area contributed by atoms with E-state index < -0.39 is 6.10 Å². The average Bonchev–Trinajstić information content (AvgIpc) is 2.39. The van der Waals surface area contributed by atoms with Crippen molar-refractivity contribution in [1.29, 1.82) is 0 Å². The average molecular weight is 389 g/mol. The summed E-state index contributed by atoms with van der Waals surface area (Å²) in [7, 11) is 1.62. The Morgan fingerprint density at radius 2 is 2.00 bits per heavy atom. The molecule has 0 spiro atoms. The second-order valence-corrected chi connectivity index (χ2v) is 5.80. The number of aliphatic hydroxyl groups excluding tert-OH is 1. The van der Waals surface area contributed by atoms with E-state index in [1.54, 1.807) is 13.2 Å². The first kappa shape index (κ1) is 14.6. The number of methoxy groups -OCH3 is 1. The SMILES string of the molecule is COc1ccc(Cl)cc1CC(O)c1ccccc1I. The van der Waals surface area contributed by atoms with Gasteiger partial charge in [0.15, 0.2) is 0 Å². The normalized spacial score (nSPS) is 12.2. The van der Waals surface area contributed by atoms with Crippen molar-refractivity contribution >= 4 is 34.2 Å². The predicted octanol–water partition coefficient (Wildman–Crippen LogP) is 4.23. The first-order chi connectivity index (χ1) is 9.11. The third-order valence-corrected chi connectivity index (χ3v) is 4.14. The number of hydrogen-bond donors (Lipinski definition) is 1. The molecule has 0 aliphatic carbocycles. The van der Waals surface area contributed by atoms with Gasteiger partial charge in [0.25, 0.3) is 0 Å². The van der Waals surface area contributed by atoms with Gasteiger partial charge in [-0.25, -0.2) is 0 Å². The summed E-state index contributed by atoms with van der Waals surface area (Å²) in [4.78, 5) is 0. The Labute approximate surface area is 131 Å². The molecule has 2 rings (SSSR count). The molecule has 4 heteroatoms. The van der Waals surface area contributed by atoms with Gasteiger partial charge in [0.1, 0.15) is 5.75 Å². The lowest BCUT2D eigenvalue weighted by molar-refractivity contribution is 0.176. The predicted molar refractivity (Wildman–Crippen MR) is 85.8 cm³/mol. The molecule has 1 atom stereocenters. The van der Waals surface area contributed by atoms with E-state index in [4.69, 9.17) is 16.3 Å². The van der Waals surface area contributed by atoms with E-state index >= 15 is 0 Å². The summed E-state index contributed by atoms with van der Waals surface area (Å²) in [5.74, 6) is 0.745. The molecule has 0 radical (unpaired) electrons. The highest BCUT2D eigenvalue weighted by Gasteiger charge is 2.14. The maximum Gasteiger partial charge on any atom is 0.122 e. The number of rotatable bonds is 4. The van der Waals surface area contributed by atoms with Crippen molar-refractivity contribution in [3.8, 4) is 5.75 Å². The van der Waals surface area contributed by atoms with Crippen molar-refractivity contribution in [3.05, 3.63) is 62.2 Å². The van der Waals surface area contributed by atoms with Crippen LogP contribution < -0.4 is 4.74 Å². The minimum Gasteiger partial charge on any atom is -0.496 e. The van der Waals surface area contributed by atoms with Crippen LogP contribution in [-0.2, 0) is 6.42 Å². The van der Waals surface area contributed by atoms with Crippen LogP contribution in [0.15, 0.2) is 42.5 Å². The highest BCUT2D eigenvalue weighted by molar-refractivity contribution is 14.1. The van der Waals surface area contributed by atoms with Gasteiger partial charge in [-0.05, 0) is 58.0 Å². The lowest BCUT2D eigenvalue weighted by Crippen LogP contribution is -2.05. The third-order valence-electron chi connectivity index (χ3n) is 2.92. The summed E-state index contributed by atoms with van der Waals surface area (Å²) in [5, 5.41) is 11.0. The smallest absolute Gasteiger partial charge is 0.122 e. The van der Waals surface area contributed by atoms with E-state index in [2.05, 4.69) is 22.6 Å². The zero-order valence-corrected chi connectivity index (χ0v) is 13.4. The van der Waals surface area contributed by atoms with E-state index in [-0.39, 0.29) is 0 Å². The minimum atomic E-state index is -0.569. The number of benzene rings is 2. The Morgan fingerprint density at radius 1 is 1.26 bits per heavy atom. The third kappa shape index (κ3) is 3.61. The molecule has 0 amide bonds. The summed E-state index contributed by atoms with van der Waals surface area (Å²) in [6.07, 6.45) is -0.0931. The van der Waals surface area contributed by atoms with E-state index in [0.29, 0.717) is 11.4 Å². The highest BCUT2D eigenvalue weighted by atomic mass is 127. The van der Waals surface area contributed by atoms with Gasteiger partial charge in [0, 0.05) is 15.0 Å². The minimum absolute atomic E-state index is 0.476. The summed E-state index contributed by atoms with van der Waals surface area (Å²) < 4.78 is 6.35. The lowest BCUT2D eigenvalue weighted by atomic mass is 10.0. The standard InChI is InChI=1S/C15H14ClIO2/c1-19-15-7-6-11(16)8-10(15)9-14(18)12-4-2-3-5-13(12)17/h2-8,14,18H,9H2,1H3. The molecule has 0 aliphatic rings. The van der Waals surface area contributed by atoms with Gasteiger partial charge in [-0.2, -0.15) is 0 Å². The summed E-state index contributed by atoms with van der Waals surface area (Å²) in [5.41, 5.74) is 1.83. The Bertz CT molecular complexity index is 572. The molecule has 0 bridgehead atoms. The molecule has 0 aliphatic heterocycles. The lowest BCUT2D eigenvalue weighted by Gasteiger charge is -2.15. The number of ether oxygens (including phenoxy) is 1. The van der Waals surface area contributed by atoms with E-state index in [0.717, 1.165) is 20.4 Å². The first-order valence-corrected chi connectivity index (χ1v) is 7.32. The summed E-state index contributed by atoms with van der Waals surface area (Å²) in [6, 6.07) is 13.2. The van der Waals surface area contributed by atoms with Gasteiger partial charge in [-0.3, -0.25) is 0 Å². The fourth-order valence-corrected chi connectivity index (χ4v) is 2.91.